The van der Waals surface area contributed by atoms with Gasteiger partial charge in [-0.1, -0.05) is 57.1 Å². The molecule has 1 aromatic rings. The molecule has 4 rings (SSSR count). The molecule has 0 N–H and O–H groups in total. The molecule has 1 aliphatic carbocycles. The number of amides is 1. The first-order valence-corrected chi connectivity index (χ1v) is 14.1. The van der Waals surface area contributed by atoms with Gasteiger partial charge in [-0.05, 0) is 44.4 Å². The van der Waals surface area contributed by atoms with E-state index in [1.165, 1.54) is 18.2 Å². The van der Waals surface area contributed by atoms with Gasteiger partial charge in [-0.2, -0.15) is 5.26 Å². The highest BCUT2D eigenvalue weighted by atomic mass is 32.2. The summed E-state index contributed by atoms with van der Waals surface area (Å²) in [6.45, 7) is 11.0. The number of nitrogens with zero attached hydrogens (tertiary/aromatic N) is 5. The molecule has 0 radical (unpaired) electrons. The number of nitriles is 1. The molecule has 188 valence electrons. The van der Waals surface area contributed by atoms with Gasteiger partial charge in [-0.15, -0.1) is 0 Å². The van der Waals surface area contributed by atoms with Gasteiger partial charge >= 0.3 is 0 Å². The largest absolute Gasteiger partial charge is 0.355 e. The Hall–Kier alpha value is -2.15. The van der Waals surface area contributed by atoms with E-state index in [0.29, 0.717) is 21.3 Å². The minimum atomic E-state index is -0.244. The first kappa shape index (κ1) is 25.9. The molecule has 3 aliphatic rings. The van der Waals surface area contributed by atoms with Gasteiger partial charge in [0, 0.05) is 44.3 Å². The van der Waals surface area contributed by atoms with Crippen LogP contribution in [0, 0.1) is 18.3 Å². The third-order valence-corrected chi connectivity index (χ3v) is 8.78. The Kier molecular flexibility index (Phi) is 8.35. The van der Waals surface area contributed by atoms with Crippen LogP contribution >= 0.6 is 24.0 Å². The number of pyridine rings is 1. The maximum absolute atomic E-state index is 13.5. The van der Waals surface area contributed by atoms with Gasteiger partial charge in [0.05, 0.1) is 4.91 Å². The topological polar surface area (TPSA) is 72.6 Å². The van der Waals surface area contributed by atoms with Crippen LogP contribution in [-0.2, 0) is 11.3 Å². The number of hydrogen-bond donors (Lipinski definition) is 0. The number of carbonyl (C=O) groups is 1. The molecule has 9 heteroatoms. The van der Waals surface area contributed by atoms with Gasteiger partial charge in [-0.25, -0.2) is 0 Å². The Morgan fingerprint density at radius 2 is 1.80 bits per heavy atom. The van der Waals surface area contributed by atoms with Crippen LogP contribution in [0.3, 0.4) is 0 Å². The van der Waals surface area contributed by atoms with Crippen molar-refractivity contribution in [2.24, 2.45) is 0 Å². The van der Waals surface area contributed by atoms with Crippen molar-refractivity contribution in [3.05, 3.63) is 31.9 Å². The molecular weight excluding hydrogens is 478 g/mol. The summed E-state index contributed by atoms with van der Waals surface area (Å²) in [7, 11) is 0. The Labute approximate surface area is 217 Å². The van der Waals surface area contributed by atoms with Crippen molar-refractivity contribution >= 4 is 46.1 Å². The van der Waals surface area contributed by atoms with E-state index in [2.05, 4.69) is 22.8 Å². The predicted octanol–water partition coefficient (Wildman–Crippen LogP) is 4.11. The van der Waals surface area contributed by atoms with Crippen molar-refractivity contribution < 1.29 is 4.79 Å². The molecule has 2 saturated heterocycles. The molecule has 0 spiro atoms. The SMILES string of the molecule is CCCn1c(N2CCN(CC)CC2)c(/C=C2/SC(=S)N(C3CCCCC3)C2=O)c(C)c(C#N)c1=O. The molecule has 1 amide bonds. The smallest absolute Gasteiger partial charge is 0.270 e. The Morgan fingerprint density at radius 3 is 2.40 bits per heavy atom. The van der Waals surface area contributed by atoms with Crippen molar-refractivity contribution in [1.29, 1.82) is 5.26 Å². The highest BCUT2D eigenvalue weighted by Gasteiger charge is 2.38. The highest BCUT2D eigenvalue weighted by Crippen LogP contribution is 2.39. The number of thioether (sulfide) groups is 1. The zero-order chi connectivity index (χ0) is 25.1. The molecular formula is C26H35N5O2S2. The molecule has 2 aliphatic heterocycles. The van der Waals surface area contributed by atoms with Gasteiger partial charge in [0.15, 0.2) is 0 Å². The first-order chi connectivity index (χ1) is 16.9. The third kappa shape index (κ3) is 5.07. The summed E-state index contributed by atoms with van der Waals surface area (Å²) >= 11 is 7.00. The zero-order valence-electron chi connectivity index (χ0n) is 21.0. The molecule has 0 atom stereocenters. The standard InChI is InChI=1S/C26H35N5O2S2/c1-4-11-30-23(29-14-12-28(5-2)13-15-29)20(18(3)21(17-27)24(30)32)16-22-25(33)31(26(34)35-22)19-9-7-6-8-10-19/h16,19H,4-15H2,1-3H3/b22-16+. The van der Waals surface area contributed by atoms with Crippen LogP contribution in [0.5, 0.6) is 0 Å². The lowest BCUT2D eigenvalue weighted by Crippen LogP contribution is -2.48. The summed E-state index contributed by atoms with van der Waals surface area (Å²) < 4.78 is 2.37. The minimum Gasteiger partial charge on any atom is -0.355 e. The number of piperazine rings is 1. The fourth-order valence-electron chi connectivity index (χ4n) is 5.46. The Morgan fingerprint density at radius 1 is 1.11 bits per heavy atom. The monoisotopic (exact) mass is 513 g/mol. The average molecular weight is 514 g/mol. The fraction of sp³-hybridized carbons (Fsp3) is 0.615. The van der Waals surface area contributed by atoms with Gasteiger partial charge in [-0.3, -0.25) is 19.1 Å². The van der Waals surface area contributed by atoms with Crippen LogP contribution in [0.2, 0.25) is 0 Å². The second kappa shape index (κ2) is 11.3. The van der Waals surface area contributed by atoms with Crippen molar-refractivity contribution in [2.75, 3.05) is 37.6 Å². The lowest BCUT2D eigenvalue weighted by Gasteiger charge is -2.37. The minimum absolute atomic E-state index is 0.0419. The number of hydrogen-bond acceptors (Lipinski definition) is 7. The first-order valence-electron chi connectivity index (χ1n) is 12.8. The molecule has 0 bridgehead atoms. The molecule has 0 unspecified atom stereocenters. The lowest BCUT2D eigenvalue weighted by atomic mass is 9.94. The Balaban J connectivity index is 1.81. The van der Waals surface area contributed by atoms with E-state index < -0.39 is 0 Å². The summed E-state index contributed by atoms with van der Waals surface area (Å²) in [6, 6.07) is 2.31. The predicted molar refractivity (Wildman–Crippen MR) is 147 cm³/mol. The van der Waals surface area contributed by atoms with Crippen molar-refractivity contribution in [3.8, 4) is 6.07 Å². The van der Waals surface area contributed by atoms with Crippen LogP contribution < -0.4 is 10.5 Å². The molecule has 0 aromatic carbocycles. The van der Waals surface area contributed by atoms with Gasteiger partial charge in [0.2, 0.25) is 0 Å². The normalized spacial score (nSPS) is 21.3. The van der Waals surface area contributed by atoms with Crippen molar-refractivity contribution in [1.82, 2.24) is 14.4 Å². The Bertz CT molecular complexity index is 1120. The van der Waals surface area contributed by atoms with Gasteiger partial charge < -0.3 is 9.80 Å². The summed E-state index contributed by atoms with van der Waals surface area (Å²) in [5.41, 5.74) is 1.35. The van der Waals surface area contributed by atoms with Crippen LogP contribution in [0.4, 0.5) is 5.82 Å². The molecule has 1 saturated carbocycles. The summed E-state index contributed by atoms with van der Waals surface area (Å²) in [5, 5.41) is 9.85. The maximum Gasteiger partial charge on any atom is 0.270 e. The quantitative estimate of drug-likeness (QED) is 0.419. The van der Waals surface area contributed by atoms with Crippen LogP contribution in [0.25, 0.3) is 6.08 Å². The number of anilines is 1. The molecule has 3 heterocycles. The van der Waals surface area contributed by atoms with E-state index in [9.17, 15) is 14.9 Å². The van der Waals surface area contributed by atoms with E-state index in [0.717, 1.165) is 76.2 Å². The summed E-state index contributed by atoms with van der Waals surface area (Å²) in [4.78, 5) is 33.9. The van der Waals surface area contributed by atoms with Gasteiger partial charge in [0.1, 0.15) is 21.8 Å². The lowest BCUT2D eigenvalue weighted by molar-refractivity contribution is -0.124. The number of carbonyl (C=O) groups excluding carboxylic acids is 1. The number of aromatic nitrogens is 1. The number of thiocarbonyl (C=S) groups is 1. The highest BCUT2D eigenvalue weighted by molar-refractivity contribution is 8.26. The molecule has 1 aromatic heterocycles. The second-order valence-corrected chi connectivity index (χ2v) is 11.2. The van der Waals surface area contributed by atoms with Crippen molar-refractivity contribution in [2.45, 2.75) is 71.9 Å². The van der Waals surface area contributed by atoms with Crippen LogP contribution in [0.15, 0.2) is 9.70 Å². The van der Waals surface area contributed by atoms with Gasteiger partial charge in [0.25, 0.3) is 11.5 Å². The average Bonchev–Trinajstić information content (AvgIpc) is 3.15. The molecule has 35 heavy (non-hydrogen) atoms. The van der Waals surface area contributed by atoms with E-state index in [-0.39, 0.29) is 23.1 Å². The van der Waals surface area contributed by atoms with E-state index in [1.807, 2.05) is 24.8 Å². The van der Waals surface area contributed by atoms with E-state index >= 15 is 0 Å². The van der Waals surface area contributed by atoms with Crippen molar-refractivity contribution in [3.63, 3.8) is 0 Å². The summed E-state index contributed by atoms with van der Waals surface area (Å²) in [5.74, 6) is 0.784. The van der Waals surface area contributed by atoms with E-state index in [1.54, 1.807) is 4.57 Å². The van der Waals surface area contributed by atoms with E-state index in [4.69, 9.17) is 12.2 Å². The number of likely N-dealkylation sites (N-methyl/N-ethyl adjacent to an activating group) is 1. The van der Waals surface area contributed by atoms with Crippen LogP contribution in [0.1, 0.15) is 69.1 Å². The summed E-state index contributed by atoms with van der Waals surface area (Å²) in [6.07, 6.45) is 8.12. The van der Waals surface area contributed by atoms with Crippen LogP contribution in [-0.4, -0.2) is 63.4 Å². The second-order valence-electron chi connectivity index (χ2n) is 9.57. The third-order valence-electron chi connectivity index (χ3n) is 7.45. The fourth-order valence-corrected chi connectivity index (χ4v) is 6.84. The maximum atomic E-state index is 13.5. The molecule has 7 nitrogen and oxygen atoms in total. The number of rotatable bonds is 6. The molecule has 3 fully saturated rings. The zero-order valence-corrected chi connectivity index (χ0v) is 22.6.